The summed E-state index contributed by atoms with van der Waals surface area (Å²) in [6.07, 6.45) is 5.77. The number of nitrogens with two attached hydrogens (primary N) is 1. The third-order valence-electron chi connectivity index (χ3n) is 3.59. The maximum atomic E-state index is 12.2. The Kier molecular flexibility index (Phi) is 3.74. The summed E-state index contributed by atoms with van der Waals surface area (Å²) >= 11 is 0. The molecule has 1 aliphatic carbocycles. The van der Waals surface area contributed by atoms with Gasteiger partial charge in [-0.1, -0.05) is 18.9 Å². The standard InChI is InChI=1S/C13H19N3O/c14-10-13(6-2-3-7-13)12(17)16-9-11-5-1-4-8-15-11/h1,4-5,8H,2-3,6-7,9-10,14H2,(H,16,17). The van der Waals surface area contributed by atoms with Crippen LogP contribution >= 0.6 is 0 Å². The van der Waals surface area contributed by atoms with Gasteiger partial charge in [0.15, 0.2) is 0 Å². The lowest BCUT2D eigenvalue weighted by Gasteiger charge is -2.25. The lowest BCUT2D eigenvalue weighted by atomic mass is 9.85. The Morgan fingerprint density at radius 1 is 1.41 bits per heavy atom. The first-order valence-electron chi connectivity index (χ1n) is 6.15. The van der Waals surface area contributed by atoms with Crippen molar-refractivity contribution in [3.63, 3.8) is 0 Å². The van der Waals surface area contributed by atoms with E-state index in [1.165, 1.54) is 0 Å². The third-order valence-corrected chi connectivity index (χ3v) is 3.59. The Morgan fingerprint density at radius 2 is 2.18 bits per heavy atom. The van der Waals surface area contributed by atoms with Gasteiger partial charge in [0.2, 0.25) is 5.91 Å². The van der Waals surface area contributed by atoms with E-state index in [1.54, 1.807) is 6.20 Å². The Hall–Kier alpha value is -1.42. The second-order valence-electron chi connectivity index (χ2n) is 4.70. The molecular weight excluding hydrogens is 214 g/mol. The van der Waals surface area contributed by atoms with E-state index in [1.807, 2.05) is 18.2 Å². The van der Waals surface area contributed by atoms with Crippen LogP contribution in [0.15, 0.2) is 24.4 Å². The van der Waals surface area contributed by atoms with Gasteiger partial charge >= 0.3 is 0 Å². The summed E-state index contributed by atoms with van der Waals surface area (Å²) in [5.41, 5.74) is 6.32. The van der Waals surface area contributed by atoms with Crippen molar-refractivity contribution in [3.05, 3.63) is 30.1 Å². The molecule has 0 unspecified atom stereocenters. The Balaban J connectivity index is 1.93. The minimum Gasteiger partial charge on any atom is -0.350 e. The molecule has 17 heavy (non-hydrogen) atoms. The molecule has 0 aromatic carbocycles. The van der Waals surface area contributed by atoms with E-state index in [9.17, 15) is 4.79 Å². The second kappa shape index (κ2) is 5.27. The first-order valence-corrected chi connectivity index (χ1v) is 6.15. The van der Waals surface area contributed by atoms with Crippen LogP contribution in [0.3, 0.4) is 0 Å². The van der Waals surface area contributed by atoms with Crippen molar-refractivity contribution in [2.24, 2.45) is 11.1 Å². The molecule has 1 aliphatic rings. The van der Waals surface area contributed by atoms with Crippen LogP contribution in [0, 0.1) is 5.41 Å². The van der Waals surface area contributed by atoms with Gasteiger partial charge in [-0.05, 0) is 25.0 Å². The van der Waals surface area contributed by atoms with Crippen molar-refractivity contribution in [1.29, 1.82) is 0 Å². The summed E-state index contributed by atoms with van der Waals surface area (Å²) in [4.78, 5) is 16.3. The van der Waals surface area contributed by atoms with Gasteiger partial charge in [0.1, 0.15) is 0 Å². The molecule has 3 N–H and O–H groups in total. The molecule has 4 nitrogen and oxygen atoms in total. The van der Waals surface area contributed by atoms with Crippen LogP contribution in [-0.4, -0.2) is 17.4 Å². The monoisotopic (exact) mass is 233 g/mol. The number of amides is 1. The fraction of sp³-hybridized carbons (Fsp3) is 0.538. The highest BCUT2D eigenvalue weighted by Crippen LogP contribution is 2.37. The molecular formula is C13H19N3O. The highest BCUT2D eigenvalue weighted by Gasteiger charge is 2.39. The molecule has 0 saturated heterocycles. The molecule has 0 bridgehead atoms. The topological polar surface area (TPSA) is 68.0 Å². The summed E-state index contributed by atoms with van der Waals surface area (Å²) in [6.45, 7) is 0.933. The molecule has 0 atom stereocenters. The van der Waals surface area contributed by atoms with Crippen LogP contribution in [0.25, 0.3) is 0 Å². The van der Waals surface area contributed by atoms with Crippen molar-refractivity contribution in [2.45, 2.75) is 32.2 Å². The normalized spacial score (nSPS) is 17.9. The zero-order valence-electron chi connectivity index (χ0n) is 9.98. The summed E-state index contributed by atoms with van der Waals surface area (Å²) < 4.78 is 0. The zero-order valence-corrected chi connectivity index (χ0v) is 9.98. The molecule has 2 rings (SSSR count). The third kappa shape index (κ3) is 2.64. The highest BCUT2D eigenvalue weighted by atomic mass is 16.2. The minimum absolute atomic E-state index is 0.0863. The first kappa shape index (κ1) is 12.0. The molecule has 1 saturated carbocycles. The number of hydrogen-bond donors (Lipinski definition) is 2. The van der Waals surface area contributed by atoms with E-state index in [-0.39, 0.29) is 11.3 Å². The van der Waals surface area contributed by atoms with Crippen LogP contribution in [0.4, 0.5) is 0 Å². The smallest absolute Gasteiger partial charge is 0.227 e. The van der Waals surface area contributed by atoms with Gasteiger partial charge in [-0.3, -0.25) is 9.78 Å². The summed E-state index contributed by atoms with van der Waals surface area (Å²) in [6, 6.07) is 5.69. The highest BCUT2D eigenvalue weighted by molar-refractivity contribution is 5.83. The van der Waals surface area contributed by atoms with Gasteiger partial charge in [-0.2, -0.15) is 0 Å². The molecule has 0 radical (unpaired) electrons. The first-order chi connectivity index (χ1) is 8.27. The maximum Gasteiger partial charge on any atom is 0.227 e. The lowest BCUT2D eigenvalue weighted by Crippen LogP contribution is -2.43. The molecule has 0 aliphatic heterocycles. The lowest BCUT2D eigenvalue weighted by molar-refractivity contribution is -0.130. The van der Waals surface area contributed by atoms with E-state index >= 15 is 0 Å². The quantitative estimate of drug-likeness (QED) is 0.821. The fourth-order valence-electron chi connectivity index (χ4n) is 2.44. The molecule has 1 amide bonds. The zero-order chi connectivity index (χ0) is 12.1. The summed E-state index contributed by atoms with van der Waals surface area (Å²) in [5, 5.41) is 2.95. The number of carbonyl (C=O) groups is 1. The van der Waals surface area contributed by atoms with E-state index in [4.69, 9.17) is 5.73 Å². The van der Waals surface area contributed by atoms with Crippen molar-refractivity contribution >= 4 is 5.91 Å². The molecule has 92 valence electrons. The fourth-order valence-corrected chi connectivity index (χ4v) is 2.44. The Morgan fingerprint density at radius 3 is 2.76 bits per heavy atom. The molecule has 4 heteroatoms. The van der Waals surface area contributed by atoms with Crippen LogP contribution in [0.2, 0.25) is 0 Å². The van der Waals surface area contributed by atoms with Crippen molar-refractivity contribution in [2.75, 3.05) is 6.54 Å². The molecule has 1 aromatic heterocycles. The average molecular weight is 233 g/mol. The van der Waals surface area contributed by atoms with Crippen LogP contribution in [-0.2, 0) is 11.3 Å². The molecule has 1 fully saturated rings. The predicted octanol–water partition coefficient (Wildman–Crippen LogP) is 1.22. The largest absolute Gasteiger partial charge is 0.350 e. The second-order valence-corrected chi connectivity index (χ2v) is 4.70. The van der Waals surface area contributed by atoms with Gasteiger partial charge in [0.05, 0.1) is 17.7 Å². The average Bonchev–Trinajstić information content (AvgIpc) is 2.87. The van der Waals surface area contributed by atoms with Gasteiger partial charge in [0, 0.05) is 12.7 Å². The van der Waals surface area contributed by atoms with Gasteiger partial charge in [-0.25, -0.2) is 0 Å². The minimum atomic E-state index is -0.325. The van der Waals surface area contributed by atoms with Gasteiger partial charge < -0.3 is 11.1 Å². The Bertz CT molecular complexity index is 372. The number of hydrogen-bond acceptors (Lipinski definition) is 3. The van der Waals surface area contributed by atoms with E-state index in [0.717, 1.165) is 31.4 Å². The van der Waals surface area contributed by atoms with Crippen molar-refractivity contribution in [3.8, 4) is 0 Å². The van der Waals surface area contributed by atoms with Gasteiger partial charge in [0.25, 0.3) is 0 Å². The van der Waals surface area contributed by atoms with E-state index < -0.39 is 0 Å². The maximum absolute atomic E-state index is 12.2. The molecule has 0 spiro atoms. The van der Waals surface area contributed by atoms with Crippen LogP contribution in [0.5, 0.6) is 0 Å². The van der Waals surface area contributed by atoms with Crippen molar-refractivity contribution < 1.29 is 4.79 Å². The van der Waals surface area contributed by atoms with Gasteiger partial charge in [-0.15, -0.1) is 0 Å². The Labute approximate surface area is 102 Å². The number of nitrogens with one attached hydrogen (secondary N) is 1. The van der Waals surface area contributed by atoms with E-state index in [2.05, 4.69) is 10.3 Å². The molecule has 1 heterocycles. The SMILES string of the molecule is NCC1(C(=O)NCc2ccccn2)CCCC1. The summed E-state index contributed by atoms with van der Waals surface area (Å²) in [5.74, 6) is 0.0863. The number of nitrogens with zero attached hydrogens (tertiary/aromatic N) is 1. The number of carbonyl (C=O) groups excluding carboxylic acids is 1. The number of rotatable bonds is 4. The molecule has 1 aromatic rings. The van der Waals surface area contributed by atoms with E-state index in [0.29, 0.717) is 13.1 Å². The van der Waals surface area contributed by atoms with Crippen LogP contribution < -0.4 is 11.1 Å². The predicted molar refractivity (Wildman–Crippen MR) is 66.0 cm³/mol. The number of aromatic nitrogens is 1. The number of pyridine rings is 1. The van der Waals surface area contributed by atoms with Crippen LogP contribution in [0.1, 0.15) is 31.4 Å². The van der Waals surface area contributed by atoms with Crippen molar-refractivity contribution in [1.82, 2.24) is 10.3 Å². The summed E-state index contributed by atoms with van der Waals surface area (Å²) in [7, 11) is 0.